The molecule has 0 saturated carbocycles. The van der Waals surface area contributed by atoms with E-state index in [-0.39, 0.29) is 87.1 Å². The van der Waals surface area contributed by atoms with Crippen LogP contribution in [0, 0.1) is 5.92 Å². The fourth-order valence-corrected chi connectivity index (χ4v) is 9.54. The molecular formula is C51H66N16O10. The monoisotopic (exact) mass is 1060 g/mol. The second-order valence-corrected chi connectivity index (χ2v) is 20.2. The lowest BCUT2D eigenvalue weighted by Gasteiger charge is -2.28. The number of benzene rings is 1. The van der Waals surface area contributed by atoms with Gasteiger partial charge >= 0.3 is 5.97 Å². The number of nitrogens with zero attached hydrogens (tertiary/aromatic N) is 4. The van der Waals surface area contributed by atoms with E-state index in [4.69, 9.17) is 11.5 Å². The number of hydrogen-bond acceptors (Lipinski definition) is 12. The minimum absolute atomic E-state index is 0.0419. The Balaban J connectivity index is 1.40. The third kappa shape index (κ3) is 13.7. The van der Waals surface area contributed by atoms with Gasteiger partial charge in [0.05, 0.1) is 12.0 Å². The Hall–Kier alpha value is -8.84. The average Bonchev–Trinajstić information content (AvgIpc) is 4.20. The molecule has 8 amide bonds. The SMILES string of the molecule is CC(C)=C1NC(=O)C(CC(C)C)NC(=O)C(NC(=O)C2CCC(=O)N2)C(=C(C)C)c2ccc3c4c([nH]c3c2)-n2cnc(c2)CC(C(=O)NC(Cc2cnc[nH]2)C(=O)O)NC(=O)C(CCCN=C(N)N)NC(=O)C(C4)NC1=O. The number of aromatic nitrogens is 5. The van der Waals surface area contributed by atoms with Crippen LogP contribution in [0.2, 0.25) is 0 Å². The summed E-state index contributed by atoms with van der Waals surface area (Å²) in [5.41, 5.74) is 14.3. The van der Waals surface area contributed by atoms with Gasteiger partial charge in [0.1, 0.15) is 60.1 Å². The van der Waals surface area contributed by atoms with Crippen LogP contribution in [0.25, 0.3) is 22.3 Å². The number of carboxylic acid groups (broad SMARTS) is 1. The third-order valence-corrected chi connectivity index (χ3v) is 13.3. The fourth-order valence-electron chi connectivity index (χ4n) is 9.54. The van der Waals surface area contributed by atoms with Gasteiger partial charge in [0.2, 0.25) is 41.4 Å². The van der Waals surface area contributed by atoms with Crippen molar-refractivity contribution >= 4 is 75.7 Å². The molecular weight excluding hydrogens is 997 g/mol. The highest BCUT2D eigenvalue weighted by molar-refractivity contribution is 6.06. The Bertz CT molecular complexity index is 3050. The predicted octanol–water partition coefficient (Wildman–Crippen LogP) is -0.993. The van der Waals surface area contributed by atoms with Crippen molar-refractivity contribution in [3.05, 3.63) is 82.6 Å². The fraction of sp³-hybridized carbons (Fsp3) is 0.451. The lowest BCUT2D eigenvalue weighted by molar-refractivity contribution is -0.142. The summed E-state index contributed by atoms with van der Waals surface area (Å²) in [5.74, 6) is -7.31. The molecule has 4 aliphatic rings. The summed E-state index contributed by atoms with van der Waals surface area (Å²) in [6, 6.07) is -4.17. The number of amides is 8. The number of rotatable bonds is 13. The molecule has 77 heavy (non-hydrogen) atoms. The number of carbonyl (C=O) groups excluding carboxylic acids is 8. The first-order chi connectivity index (χ1) is 36.6. The van der Waals surface area contributed by atoms with Gasteiger partial charge in [-0.3, -0.25) is 47.9 Å². The number of guanidine groups is 1. The highest BCUT2D eigenvalue weighted by Gasteiger charge is 2.38. The van der Waals surface area contributed by atoms with Crippen LogP contribution in [-0.4, -0.2) is 138 Å². The summed E-state index contributed by atoms with van der Waals surface area (Å²) in [7, 11) is 0. The molecule has 26 heteroatoms. The van der Waals surface area contributed by atoms with Gasteiger partial charge in [0.15, 0.2) is 5.96 Å². The van der Waals surface area contributed by atoms with Crippen molar-refractivity contribution in [1.82, 2.24) is 67.0 Å². The van der Waals surface area contributed by atoms with Crippen LogP contribution in [0.3, 0.4) is 0 Å². The Morgan fingerprint density at radius 3 is 2.29 bits per heavy atom. The highest BCUT2D eigenvalue weighted by atomic mass is 16.4. The zero-order valence-corrected chi connectivity index (χ0v) is 43.6. The first-order valence-electron chi connectivity index (χ1n) is 25.3. The number of H-pyrrole nitrogens is 2. The van der Waals surface area contributed by atoms with E-state index >= 15 is 4.79 Å². The number of carbonyl (C=O) groups is 9. The molecule has 4 aliphatic heterocycles. The summed E-state index contributed by atoms with van der Waals surface area (Å²) in [6.07, 6.45) is 5.60. The van der Waals surface area contributed by atoms with E-state index in [2.05, 4.69) is 67.5 Å². The number of imidazole rings is 2. The smallest absolute Gasteiger partial charge is 0.326 e. The first kappa shape index (κ1) is 55.9. The Kier molecular flexibility index (Phi) is 17.6. The lowest BCUT2D eigenvalue weighted by atomic mass is 9.91. The third-order valence-electron chi connectivity index (χ3n) is 13.3. The van der Waals surface area contributed by atoms with Crippen LogP contribution in [0.1, 0.15) is 96.2 Å². The molecule has 7 heterocycles. The molecule has 0 aliphatic carbocycles. The molecule has 0 spiro atoms. The maximum atomic E-state index is 15.0. The number of aliphatic imine (C=N–C) groups is 1. The minimum Gasteiger partial charge on any atom is -0.480 e. The van der Waals surface area contributed by atoms with Gasteiger partial charge in [-0.2, -0.15) is 0 Å². The molecule has 1 fully saturated rings. The second-order valence-electron chi connectivity index (χ2n) is 20.2. The van der Waals surface area contributed by atoms with Crippen LogP contribution >= 0.6 is 0 Å². The summed E-state index contributed by atoms with van der Waals surface area (Å²) < 4.78 is 1.59. The highest BCUT2D eigenvalue weighted by Crippen LogP contribution is 2.33. The minimum atomic E-state index is -1.49. The number of nitrogens with one attached hydrogen (secondary N) is 10. The van der Waals surface area contributed by atoms with Crippen molar-refractivity contribution in [3.63, 3.8) is 0 Å². The van der Waals surface area contributed by atoms with Crippen LogP contribution in [0.15, 0.2) is 65.1 Å². The molecule has 7 bridgehead atoms. The van der Waals surface area contributed by atoms with Crippen molar-refractivity contribution in [2.75, 3.05) is 6.54 Å². The molecule has 15 N–H and O–H groups in total. The first-order valence-corrected chi connectivity index (χ1v) is 25.3. The van der Waals surface area contributed by atoms with Crippen molar-refractivity contribution in [3.8, 4) is 5.82 Å². The second kappa shape index (κ2) is 24.2. The van der Waals surface area contributed by atoms with Crippen LogP contribution in [0.4, 0.5) is 0 Å². The molecule has 410 valence electrons. The van der Waals surface area contributed by atoms with Gasteiger partial charge in [0, 0.05) is 66.8 Å². The van der Waals surface area contributed by atoms with Gasteiger partial charge in [-0.25, -0.2) is 14.8 Å². The van der Waals surface area contributed by atoms with Crippen LogP contribution in [-0.2, 0) is 62.4 Å². The number of carboxylic acids is 1. The molecule has 26 nitrogen and oxygen atoms in total. The van der Waals surface area contributed by atoms with Crippen molar-refractivity contribution in [1.29, 1.82) is 0 Å². The molecule has 8 rings (SSSR count). The topological polar surface area (TPSA) is 397 Å². The molecule has 0 radical (unpaired) electrons. The number of aromatic amines is 2. The van der Waals surface area contributed by atoms with Crippen LogP contribution in [0.5, 0.6) is 0 Å². The summed E-state index contributed by atoms with van der Waals surface area (Å²) in [5, 5.41) is 32.5. The van der Waals surface area contributed by atoms with Crippen molar-refractivity contribution in [2.45, 2.75) is 135 Å². The lowest BCUT2D eigenvalue weighted by Crippen LogP contribution is -2.59. The Morgan fingerprint density at radius 2 is 1.64 bits per heavy atom. The summed E-state index contributed by atoms with van der Waals surface area (Å²) >= 11 is 0. The molecule has 1 aromatic carbocycles. The maximum absolute atomic E-state index is 15.0. The molecule has 3 aromatic heterocycles. The van der Waals surface area contributed by atoms with Gasteiger partial charge in [-0.1, -0.05) is 31.6 Å². The van der Waals surface area contributed by atoms with Gasteiger partial charge in [-0.15, -0.1) is 0 Å². The average molecular weight is 1060 g/mol. The van der Waals surface area contributed by atoms with Gasteiger partial charge < -0.3 is 69.1 Å². The van der Waals surface area contributed by atoms with E-state index in [0.717, 1.165) is 0 Å². The van der Waals surface area contributed by atoms with E-state index in [1.807, 2.05) is 13.8 Å². The predicted molar refractivity (Wildman–Crippen MR) is 280 cm³/mol. The number of fused-ring (bicyclic) bond motifs is 13. The van der Waals surface area contributed by atoms with Crippen molar-refractivity contribution in [2.24, 2.45) is 22.4 Å². The number of nitrogens with two attached hydrogens (primary N) is 2. The van der Waals surface area contributed by atoms with E-state index in [0.29, 0.717) is 50.3 Å². The van der Waals surface area contributed by atoms with E-state index in [1.54, 1.807) is 56.7 Å². The quantitative estimate of drug-likeness (QED) is 0.0252. The summed E-state index contributed by atoms with van der Waals surface area (Å²) in [6.45, 7) is 10.4. The normalized spacial score (nSPS) is 21.8. The van der Waals surface area contributed by atoms with Crippen LogP contribution < -0.4 is 54.0 Å². The number of hydrogen-bond donors (Lipinski definition) is 13. The Morgan fingerprint density at radius 1 is 0.883 bits per heavy atom. The molecule has 4 aromatic rings. The zero-order valence-electron chi connectivity index (χ0n) is 43.6. The Labute approximate surface area is 442 Å². The van der Waals surface area contributed by atoms with E-state index in [1.165, 1.54) is 18.9 Å². The maximum Gasteiger partial charge on any atom is 0.326 e. The number of aliphatic carboxylic acids is 1. The molecule has 1 saturated heterocycles. The van der Waals surface area contributed by atoms with E-state index in [9.17, 15) is 43.5 Å². The summed E-state index contributed by atoms with van der Waals surface area (Å²) in [4.78, 5) is 145. The largest absolute Gasteiger partial charge is 0.480 e. The molecule has 7 atom stereocenters. The van der Waals surface area contributed by atoms with Crippen molar-refractivity contribution < 1.29 is 48.3 Å². The van der Waals surface area contributed by atoms with Gasteiger partial charge in [-0.05, 0) is 82.1 Å². The number of allylic oxidation sites excluding steroid dienone is 2. The van der Waals surface area contributed by atoms with Gasteiger partial charge in [0.25, 0.3) is 5.91 Å². The standard InChI is InChI=1S/C51H66N16O10/c1-23(2)14-34-47(73)65-40(25(5)6)48(74)63-36-18-30-29-10-9-26(39(24(3)4)41(49(75)62-34)66-44(70)32-11-12-38(68)58-32)15-33(29)59-42(30)67-20-28(57-22-67)17-35(45(71)64-37(50(76)77)16-27-19-54-21-56-27)61-43(69)31(60-46(36)72)8-7-13-55-51(52)53/h9-10,15,19-23,31-32,34-37,41,59H,7-8,11-14,16-18H2,1-6H3,(H,54,56)(H,58,68)(H,60,72)(H,61,69)(H,62,75)(H,63,74)(H,64,71)(H,65,73)(H,66,70)(H,76,77)(H4,52,53,55). The van der Waals surface area contributed by atoms with E-state index < -0.39 is 89.6 Å². The zero-order chi connectivity index (χ0) is 55.8. The molecule has 7 unspecified atom stereocenters.